The van der Waals surface area contributed by atoms with Crippen molar-refractivity contribution in [3.05, 3.63) is 56.7 Å². The smallest absolute Gasteiger partial charge is 0.319 e. The van der Waals surface area contributed by atoms with Crippen LogP contribution in [0.3, 0.4) is 0 Å². The zero-order valence-corrected chi connectivity index (χ0v) is 19.2. The van der Waals surface area contributed by atoms with Crippen LogP contribution >= 0.6 is 22.9 Å². The summed E-state index contributed by atoms with van der Waals surface area (Å²) in [6, 6.07) is 11.4. The fourth-order valence-corrected chi connectivity index (χ4v) is 4.57. The van der Waals surface area contributed by atoms with Crippen LogP contribution in [-0.4, -0.2) is 35.0 Å². The van der Waals surface area contributed by atoms with Crippen molar-refractivity contribution in [1.29, 1.82) is 0 Å². The Bertz CT molecular complexity index is 904. The molecule has 0 saturated carbocycles. The van der Waals surface area contributed by atoms with Gasteiger partial charge in [0, 0.05) is 11.4 Å². The molecule has 1 atom stereocenters. The minimum Gasteiger partial charge on any atom is -0.319 e. The van der Waals surface area contributed by atoms with E-state index < -0.39 is 5.54 Å². The van der Waals surface area contributed by atoms with E-state index in [4.69, 9.17) is 11.6 Å². The van der Waals surface area contributed by atoms with Crippen molar-refractivity contribution in [2.24, 2.45) is 0 Å². The third-order valence-corrected chi connectivity index (χ3v) is 6.62. The zero-order valence-electron chi connectivity index (χ0n) is 17.6. The molecule has 0 aliphatic carbocycles. The molecule has 2 aromatic rings. The Balaban J connectivity index is 1.77. The van der Waals surface area contributed by atoms with Gasteiger partial charge in [-0.2, -0.15) is 0 Å². The SMILES string of the molecule is CCN(Cc1ccc(Cl)s1)CN1C(=O)NC(C)(c2ccc(C(C)(C)C)cc2)C1=O. The van der Waals surface area contributed by atoms with E-state index >= 15 is 0 Å². The molecule has 29 heavy (non-hydrogen) atoms. The molecule has 3 amide bonds. The van der Waals surface area contributed by atoms with E-state index in [0.717, 1.165) is 14.8 Å². The Hall–Kier alpha value is -1.89. The maximum Gasteiger partial charge on any atom is 0.326 e. The highest BCUT2D eigenvalue weighted by molar-refractivity contribution is 7.16. The molecular weight excluding hydrogens is 406 g/mol. The van der Waals surface area contributed by atoms with Gasteiger partial charge >= 0.3 is 6.03 Å². The van der Waals surface area contributed by atoms with Crippen molar-refractivity contribution >= 4 is 34.9 Å². The van der Waals surface area contributed by atoms with Crippen molar-refractivity contribution in [1.82, 2.24) is 15.1 Å². The van der Waals surface area contributed by atoms with E-state index in [-0.39, 0.29) is 24.0 Å². The quantitative estimate of drug-likeness (QED) is 0.656. The third kappa shape index (κ3) is 4.49. The summed E-state index contributed by atoms with van der Waals surface area (Å²) in [7, 11) is 0. The minimum absolute atomic E-state index is 0.0285. The number of urea groups is 1. The molecule has 1 aliphatic heterocycles. The van der Waals surface area contributed by atoms with Crippen LogP contribution in [0.15, 0.2) is 36.4 Å². The van der Waals surface area contributed by atoms with Crippen molar-refractivity contribution in [2.45, 2.75) is 52.1 Å². The Morgan fingerprint density at radius 2 is 1.79 bits per heavy atom. The number of amides is 3. The highest BCUT2D eigenvalue weighted by Gasteiger charge is 2.49. The van der Waals surface area contributed by atoms with Gasteiger partial charge in [-0.15, -0.1) is 11.3 Å². The van der Waals surface area contributed by atoms with E-state index in [1.54, 1.807) is 6.92 Å². The molecule has 1 fully saturated rings. The van der Waals surface area contributed by atoms with E-state index in [1.807, 2.05) is 48.2 Å². The van der Waals surface area contributed by atoms with Crippen molar-refractivity contribution < 1.29 is 9.59 Å². The molecule has 0 bridgehead atoms. The second-order valence-electron chi connectivity index (χ2n) is 8.61. The number of hydrogen-bond acceptors (Lipinski definition) is 4. The minimum atomic E-state index is -1.06. The number of thiophene rings is 1. The lowest BCUT2D eigenvalue weighted by atomic mass is 9.84. The number of rotatable bonds is 6. The molecule has 0 radical (unpaired) electrons. The maximum atomic E-state index is 13.2. The average molecular weight is 434 g/mol. The van der Waals surface area contributed by atoms with Crippen LogP contribution in [-0.2, 0) is 22.3 Å². The van der Waals surface area contributed by atoms with Gasteiger partial charge in [0.25, 0.3) is 5.91 Å². The van der Waals surface area contributed by atoms with E-state index in [1.165, 1.54) is 21.8 Å². The van der Waals surface area contributed by atoms with Crippen molar-refractivity contribution in [3.63, 3.8) is 0 Å². The standard InChI is InChI=1S/C22H28ClN3O2S/c1-6-25(13-17-11-12-18(23)29-17)14-26-19(27)22(5,24-20(26)28)16-9-7-15(8-10-16)21(2,3)4/h7-12H,6,13-14H2,1-5H3,(H,24,28). The van der Waals surface area contributed by atoms with Gasteiger partial charge in [-0.1, -0.05) is 63.6 Å². The fraction of sp³-hybridized carbons (Fsp3) is 0.455. The van der Waals surface area contributed by atoms with Crippen molar-refractivity contribution in [3.8, 4) is 0 Å². The van der Waals surface area contributed by atoms with Gasteiger partial charge in [-0.3, -0.25) is 9.69 Å². The summed E-state index contributed by atoms with van der Waals surface area (Å²) < 4.78 is 0.734. The lowest BCUT2D eigenvalue weighted by molar-refractivity contribution is -0.132. The molecule has 2 heterocycles. The molecule has 1 N–H and O–H groups in total. The van der Waals surface area contributed by atoms with Gasteiger partial charge in [0.2, 0.25) is 0 Å². The first-order valence-corrected chi connectivity index (χ1v) is 11.0. The fourth-order valence-electron chi connectivity index (χ4n) is 3.44. The number of halogens is 1. The molecule has 1 aromatic heterocycles. The summed E-state index contributed by atoms with van der Waals surface area (Å²) in [5, 5.41) is 2.89. The molecule has 1 unspecified atom stereocenters. The Morgan fingerprint density at radius 1 is 1.14 bits per heavy atom. The van der Waals surface area contributed by atoms with E-state index in [2.05, 4.69) is 26.1 Å². The van der Waals surface area contributed by atoms with Crippen LogP contribution in [0.25, 0.3) is 0 Å². The van der Waals surface area contributed by atoms with E-state index in [9.17, 15) is 9.59 Å². The topological polar surface area (TPSA) is 52.6 Å². The van der Waals surface area contributed by atoms with Crippen LogP contribution in [0.4, 0.5) is 4.79 Å². The van der Waals surface area contributed by atoms with Gasteiger partial charge in [0.15, 0.2) is 0 Å². The first kappa shape index (κ1) is 21.8. The number of benzene rings is 1. The lowest BCUT2D eigenvalue weighted by Gasteiger charge is -2.27. The molecule has 7 heteroatoms. The van der Waals surface area contributed by atoms with Crippen LogP contribution in [0.2, 0.25) is 4.34 Å². The second kappa shape index (κ2) is 8.09. The molecule has 1 aromatic carbocycles. The first-order chi connectivity index (χ1) is 13.5. The van der Waals surface area contributed by atoms with Crippen molar-refractivity contribution in [2.75, 3.05) is 13.2 Å². The Labute approximate surface area is 181 Å². The summed E-state index contributed by atoms with van der Waals surface area (Å²) in [5.41, 5.74) is 0.949. The van der Waals surface area contributed by atoms with Crippen LogP contribution < -0.4 is 5.32 Å². The Morgan fingerprint density at radius 3 is 2.31 bits per heavy atom. The molecule has 1 saturated heterocycles. The summed E-state index contributed by atoms with van der Waals surface area (Å²) in [6.45, 7) is 11.8. The average Bonchev–Trinajstić information content (AvgIpc) is 3.16. The van der Waals surface area contributed by atoms with Gasteiger partial charge in [-0.25, -0.2) is 9.69 Å². The van der Waals surface area contributed by atoms with Gasteiger partial charge in [0.05, 0.1) is 11.0 Å². The largest absolute Gasteiger partial charge is 0.326 e. The molecule has 3 rings (SSSR count). The van der Waals surface area contributed by atoms with Gasteiger partial charge in [0.1, 0.15) is 5.54 Å². The highest BCUT2D eigenvalue weighted by Crippen LogP contribution is 2.31. The number of nitrogens with one attached hydrogen (secondary N) is 1. The summed E-state index contributed by atoms with van der Waals surface area (Å²) in [6.07, 6.45) is 0. The number of imide groups is 1. The zero-order chi connectivity index (χ0) is 21.4. The predicted molar refractivity (Wildman–Crippen MR) is 118 cm³/mol. The number of carbonyl (C=O) groups is 2. The molecule has 5 nitrogen and oxygen atoms in total. The number of carbonyl (C=O) groups excluding carboxylic acids is 2. The summed E-state index contributed by atoms with van der Waals surface area (Å²) >= 11 is 7.53. The summed E-state index contributed by atoms with van der Waals surface area (Å²) in [5.74, 6) is -0.228. The lowest BCUT2D eigenvalue weighted by Crippen LogP contribution is -2.43. The monoisotopic (exact) mass is 433 g/mol. The summed E-state index contributed by atoms with van der Waals surface area (Å²) in [4.78, 5) is 30.3. The molecule has 1 aliphatic rings. The van der Waals surface area contributed by atoms with Gasteiger partial charge in [-0.05, 0) is 42.1 Å². The van der Waals surface area contributed by atoms with Gasteiger partial charge < -0.3 is 5.32 Å². The van der Waals surface area contributed by atoms with E-state index in [0.29, 0.717) is 13.1 Å². The van der Waals surface area contributed by atoms with Crippen LogP contribution in [0.5, 0.6) is 0 Å². The number of nitrogens with zero attached hydrogens (tertiary/aromatic N) is 2. The first-order valence-electron chi connectivity index (χ1n) is 9.76. The second-order valence-corrected chi connectivity index (χ2v) is 10.4. The third-order valence-electron chi connectivity index (χ3n) is 5.40. The van der Waals surface area contributed by atoms with Crippen LogP contribution in [0, 0.1) is 0 Å². The maximum absolute atomic E-state index is 13.2. The molecule has 0 spiro atoms. The Kier molecular flexibility index (Phi) is 6.08. The number of hydrogen-bond donors (Lipinski definition) is 1. The normalized spacial score (nSPS) is 19.9. The molecule has 156 valence electrons. The highest BCUT2D eigenvalue weighted by atomic mass is 35.5. The van der Waals surface area contributed by atoms with Crippen LogP contribution in [0.1, 0.15) is 50.6 Å². The molecular formula is C22H28ClN3O2S. The predicted octanol–water partition coefficient (Wildman–Crippen LogP) is 4.95.